The number of benzene rings is 2. The van der Waals surface area contributed by atoms with Gasteiger partial charge < -0.3 is 14.9 Å². The van der Waals surface area contributed by atoms with Gasteiger partial charge in [-0.3, -0.25) is 4.79 Å². The van der Waals surface area contributed by atoms with Crippen molar-refractivity contribution in [3.63, 3.8) is 0 Å². The Bertz CT molecular complexity index is 1150. The van der Waals surface area contributed by atoms with Crippen LogP contribution in [-0.4, -0.2) is 32.0 Å². The molecule has 0 saturated carbocycles. The molecule has 0 aliphatic heterocycles. The van der Waals surface area contributed by atoms with E-state index in [2.05, 4.69) is 24.8 Å². The van der Waals surface area contributed by atoms with E-state index in [1.54, 1.807) is 0 Å². The van der Waals surface area contributed by atoms with Crippen LogP contribution in [0, 0.1) is 12.8 Å². The van der Waals surface area contributed by atoms with Gasteiger partial charge in [0.05, 0.1) is 28.0 Å². The zero-order valence-corrected chi connectivity index (χ0v) is 16.6. The highest BCUT2D eigenvalue weighted by atomic mass is 35.5. The Morgan fingerprint density at radius 2 is 2.04 bits per heavy atom. The van der Waals surface area contributed by atoms with Crippen LogP contribution in [0.1, 0.15) is 18.6 Å². The highest BCUT2D eigenvalue weighted by Crippen LogP contribution is 2.18. The number of hydrogen-bond donors (Lipinski definition) is 2. The number of aryl methyl sites for hydroxylation is 1. The zero-order chi connectivity index (χ0) is 19.7. The summed E-state index contributed by atoms with van der Waals surface area (Å²) < 4.78 is 2.10. The van der Waals surface area contributed by atoms with Crippen LogP contribution in [0.5, 0.6) is 0 Å². The number of carbonyl (C=O) groups is 1. The average molecular weight is 396 g/mol. The molecule has 0 aliphatic rings. The molecule has 0 aliphatic carbocycles. The second kappa shape index (κ2) is 7.64. The third kappa shape index (κ3) is 3.73. The summed E-state index contributed by atoms with van der Waals surface area (Å²) in [5.41, 5.74) is 3.80. The topological polar surface area (TPSA) is 75.6 Å². The summed E-state index contributed by atoms with van der Waals surface area (Å²) in [7, 11) is 0. The molecule has 1 atom stereocenters. The minimum Gasteiger partial charge on any atom is -0.355 e. The van der Waals surface area contributed by atoms with Crippen LogP contribution in [0.3, 0.4) is 0 Å². The van der Waals surface area contributed by atoms with Crippen molar-refractivity contribution in [1.82, 2.24) is 24.8 Å². The largest absolute Gasteiger partial charge is 0.355 e. The van der Waals surface area contributed by atoms with E-state index in [1.165, 1.54) is 0 Å². The van der Waals surface area contributed by atoms with Crippen molar-refractivity contribution in [3.8, 4) is 0 Å². The minimum absolute atomic E-state index is 0.0244. The first-order valence-corrected chi connectivity index (χ1v) is 9.73. The lowest BCUT2D eigenvalue weighted by molar-refractivity contribution is -0.124. The Balaban J connectivity index is 1.35. The van der Waals surface area contributed by atoms with Gasteiger partial charge in [0.25, 0.3) is 0 Å². The number of fused-ring (bicyclic) bond motifs is 2. The maximum atomic E-state index is 12.5. The zero-order valence-electron chi connectivity index (χ0n) is 15.9. The Morgan fingerprint density at radius 3 is 2.89 bits per heavy atom. The SMILES string of the molecule is Cc1nc2ccccc2n1C[C@@H](C)C(=O)NCCc1nc2ccc(Cl)cc2[nH]1. The van der Waals surface area contributed by atoms with E-state index in [9.17, 15) is 4.79 Å². The maximum Gasteiger partial charge on any atom is 0.224 e. The van der Waals surface area contributed by atoms with E-state index in [1.807, 2.05) is 56.3 Å². The number of nitrogens with zero attached hydrogens (tertiary/aromatic N) is 3. The van der Waals surface area contributed by atoms with Gasteiger partial charge in [-0.05, 0) is 37.3 Å². The number of halogens is 1. The summed E-state index contributed by atoms with van der Waals surface area (Å²) in [6.07, 6.45) is 0.637. The number of aromatic amines is 1. The van der Waals surface area contributed by atoms with Crippen LogP contribution < -0.4 is 5.32 Å². The van der Waals surface area contributed by atoms with Crippen molar-refractivity contribution < 1.29 is 4.79 Å². The van der Waals surface area contributed by atoms with E-state index >= 15 is 0 Å². The Morgan fingerprint density at radius 1 is 1.21 bits per heavy atom. The van der Waals surface area contributed by atoms with Gasteiger partial charge in [-0.1, -0.05) is 30.7 Å². The Hall–Kier alpha value is -2.86. The first-order valence-electron chi connectivity index (χ1n) is 9.35. The summed E-state index contributed by atoms with van der Waals surface area (Å²) in [5, 5.41) is 3.68. The summed E-state index contributed by atoms with van der Waals surface area (Å²) in [4.78, 5) is 24.9. The van der Waals surface area contributed by atoms with Gasteiger partial charge in [-0.15, -0.1) is 0 Å². The monoisotopic (exact) mass is 395 g/mol. The normalized spacial score (nSPS) is 12.5. The summed E-state index contributed by atoms with van der Waals surface area (Å²) in [5.74, 6) is 1.62. The summed E-state index contributed by atoms with van der Waals surface area (Å²) in [6, 6.07) is 13.5. The number of amides is 1. The van der Waals surface area contributed by atoms with E-state index in [0.717, 1.165) is 33.7 Å². The number of hydrogen-bond acceptors (Lipinski definition) is 3. The second-order valence-electron chi connectivity index (χ2n) is 7.05. The molecule has 2 N–H and O–H groups in total. The molecule has 0 bridgehead atoms. The lowest BCUT2D eigenvalue weighted by Crippen LogP contribution is -2.33. The van der Waals surface area contributed by atoms with Gasteiger partial charge in [-0.25, -0.2) is 9.97 Å². The molecule has 0 radical (unpaired) electrons. The molecule has 0 unspecified atom stereocenters. The van der Waals surface area contributed by atoms with E-state index < -0.39 is 0 Å². The molecule has 28 heavy (non-hydrogen) atoms. The molecule has 144 valence electrons. The summed E-state index contributed by atoms with van der Waals surface area (Å²) in [6.45, 7) is 5.03. The third-order valence-electron chi connectivity index (χ3n) is 4.90. The number of imidazole rings is 2. The molecule has 0 fully saturated rings. The van der Waals surface area contributed by atoms with Crippen LogP contribution in [0.15, 0.2) is 42.5 Å². The molecular formula is C21H22ClN5O. The molecule has 0 saturated heterocycles. The molecule has 2 aromatic heterocycles. The van der Waals surface area contributed by atoms with Crippen molar-refractivity contribution in [2.75, 3.05) is 6.54 Å². The van der Waals surface area contributed by atoms with Gasteiger partial charge in [-0.2, -0.15) is 0 Å². The molecule has 1 amide bonds. The predicted molar refractivity (Wildman–Crippen MR) is 111 cm³/mol. The average Bonchev–Trinajstić information content (AvgIpc) is 3.21. The van der Waals surface area contributed by atoms with Crippen LogP contribution in [-0.2, 0) is 17.8 Å². The number of para-hydroxylation sites is 2. The van der Waals surface area contributed by atoms with Gasteiger partial charge in [0.1, 0.15) is 11.6 Å². The number of H-pyrrole nitrogens is 1. The van der Waals surface area contributed by atoms with Crippen LogP contribution in [0.4, 0.5) is 0 Å². The van der Waals surface area contributed by atoms with E-state index in [0.29, 0.717) is 24.5 Å². The van der Waals surface area contributed by atoms with Crippen molar-refractivity contribution in [1.29, 1.82) is 0 Å². The smallest absolute Gasteiger partial charge is 0.224 e. The fraction of sp³-hybridized carbons (Fsp3) is 0.286. The quantitative estimate of drug-likeness (QED) is 0.520. The van der Waals surface area contributed by atoms with E-state index in [4.69, 9.17) is 11.6 Å². The molecule has 2 heterocycles. The van der Waals surface area contributed by atoms with Gasteiger partial charge in [0.15, 0.2) is 0 Å². The molecule has 4 aromatic rings. The first-order chi connectivity index (χ1) is 13.5. The second-order valence-corrected chi connectivity index (χ2v) is 7.48. The molecule has 0 spiro atoms. The van der Waals surface area contributed by atoms with Crippen LogP contribution >= 0.6 is 11.6 Å². The Kier molecular flexibility index (Phi) is 5.05. The maximum absolute atomic E-state index is 12.5. The van der Waals surface area contributed by atoms with Gasteiger partial charge in [0.2, 0.25) is 5.91 Å². The lowest BCUT2D eigenvalue weighted by Gasteiger charge is -2.14. The van der Waals surface area contributed by atoms with Crippen molar-refractivity contribution in [3.05, 3.63) is 59.1 Å². The number of nitrogens with one attached hydrogen (secondary N) is 2. The Labute approximate surface area is 167 Å². The fourth-order valence-electron chi connectivity index (χ4n) is 3.41. The predicted octanol–water partition coefficient (Wildman–Crippen LogP) is 3.87. The van der Waals surface area contributed by atoms with Gasteiger partial charge >= 0.3 is 0 Å². The number of rotatable bonds is 6. The highest BCUT2D eigenvalue weighted by molar-refractivity contribution is 6.31. The fourth-order valence-corrected chi connectivity index (χ4v) is 3.59. The number of carbonyl (C=O) groups excluding carboxylic acids is 1. The van der Waals surface area contributed by atoms with E-state index in [-0.39, 0.29) is 11.8 Å². The van der Waals surface area contributed by atoms with Crippen molar-refractivity contribution >= 4 is 39.6 Å². The molecular weight excluding hydrogens is 374 g/mol. The third-order valence-corrected chi connectivity index (χ3v) is 5.14. The van der Waals surface area contributed by atoms with Crippen molar-refractivity contribution in [2.45, 2.75) is 26.8 Å². The summed E-state index contributed by atoms with van der Waals surface area (Å²) >= 11 is 6.00. The minimum atomic E-state index is -0.161. The van der Waals surface area contributed by atoms with Crippen LogP contribution in [0.25, 0.3) is 22.1 Å². The first kappa shape index (κ1) is 18.5. The van der Waals surface area contributed by atoms with Crippen LogP contribution in [0.2, 0.25) is 5.02 Å². The molecule has 2 aromatic carbocycles. The molecule has 6 nitrogen and oxygen atoms in total. The van der Waals surface area contributed by atoms with Gasteiger partial charge in [0, 0.05) is 24.5 Å². The lowest BCUT2D eigenvalue weighted by atomic mass is 10.1. The molecule has 7 heteroatoms. The number of aromatic nitrogens is 4. The highest BCUT2D eigenvalue weighted by Gasteiger charge is 2.16. The molecule has 4 rings (SSSR count). The van der Waals surface area contributed by atoms with Crippen molar-refractivity contribution in [2.24, 2.45) is 5.92 Å². The standard InChI is InChI=1S/C21H22ClN5O/c1-13(12-27-14(2)24-17-5-3-4-6-19(17)27)21(28)23-10-9-20-25-16-8-7-15(22)11-18(16)26-20/h3-8,11,13H,9-10,12H2,1-2H3,(H,23,28)(H,25,26)/t13-/m1/s1.